The number of ether oxygens (including phenoxy) is 1. The zero-order valence-electron chi connectivity index (χ0n) is 7.34. The summed E-state index contributed by atoms with van der Waals surface area (Å²) in [6.45, 7) is 4.98. The van der Waals surface area contributed by atoms with Crippen molar-refractivity contribution in [1.82, 2.24) is 5.32 Å². The first-order valence-electron chi connectivity index (χ1n) is 4.00. The molecule has 1 aliphatic heterocycles. The van der Waals surface area contributed by atoms with Crippen LogP contribution in [0.25, 0.3) is 0 Å². The molecule has 0 fully saturated rings. The van der Waals surface area contributed by atoms with Crippen LogP contribution >= 0.6 is 0 Å². The summed E-state index contributed by atoms with van der Waals surface area (Å²) in [5, 5.41) is 2.94. The van der Waals surface area contributed by atoms with Crippen molar-refractivity contribution in [3.8, 4) is 0 Å². The van der Waals surface area contributed by atoms with E-state index in [2.05, 4.69) is 17.0 Å². The topological polar surface area (TPSA) is 33.6 Å². The molecule has 0 radical (unpaired) electrons. The van der Waals surface area contributed by atoms with Crippen LogP contribution in [0.2, 0.25) is 0 Å². The molecule has 12 heavy (non-hydrogen) atoms. The Morgan fingerprint density at radius 1 is 1.83 bits per heavy atom. The van der Waals surface area contributed by atoms with Gasteiger partial charge < -0.3 is 10.1 Å². The Bertz CT molecular complexity index is 219. The van der Waals surface area contributed by atoms with E-state index in [4.69, 9.17) is 4.74 Å². The molecule has 0 amide bonds. The molecule has 0 aromatic heterocycles. The summed E-state index contributed by atoms with van der Waals surface area (Å²) in [6, 6.07) is 0. The van der Waals surface area contributed by atoms with Gasteiger partial charge in [0.1, 0.15) is 0 Å². The number of hydrogen-bond acceptors (Lipinski definition) is 3. The third-order valence-electron chi connectivity index (χ3n) is 1.74. The number of nitrogens with zero attached hydrogens (tertiary/aromatic N) is 1. The normalized spacial score (nSPS) is 18.4. The van der Waals surface area contributed by atoms with Crippen molar-refractivity contribution in [3.05, 3.63) is 23.5 Å². The largest absolute Gasteiger partial charge is 0.392 e. The zero-order valence-corrected chi connectivity index (χ0v) is 7.34. The highest BCUT2D eigenvalue weighted by atomic mass is 16.5. The van der Waals surface area contributed by atoms with Crippen molar-refractivity contribution in [1.29, 1.82) is 0 Å². The van der Waals surface area contributed by atoms with Crippen LogP contribution in [0.5, 0.6) is 0 Å². The second-order valence-electron chi connectivity index (χ2n) is 2.53. The smallest absolute Gasteiger partial charge is 0.0809 e. The molecule has 0 aromatic carbocycles. The maximum Gasteiger partial charge on any atom is 0.0809 e. The first kappa shape index (κ1) is 9.00. The first-order valence-corrected chi connectivity index (χ1v) is 4.00. The van der Waals surface area contributed by atoms with Gasteiger partial charge in [-0.2, -0.15) is 0 Å². The van der Waals surface area contributed by atoms with E-state index in [0.717, 1.165) is 18.7 Å². The van der Waals surface area contributed by atoms with Crippen LogP contribution in [0.15, 0.2) is 28.5 Å². The average molecular weight is 166 g/mol. The van der Waals surface area contributed by atoms with Crippen LogP contribution in [0.1, 0.15) is 6.42 Å². The number of aliphatic imine (C=N–C) groups is 1. The van der Waals surface area contributed by atoms with Gasteiger partial charge in [-0.15, -0.1) is 0 Å². The second kappa shape index (κ2) is 4.72. The lowest BCUT2D eigenvalue weighted by Gasteiger charge is -2.13. The monoisotopic (exact) mass is 166 g/mol. The van der Waals surface area contributed by atoms with Crippen LogP contribution < -0.4 is 5.32 Å². The molecule has 3 heteroatoms. The minimum atomic E-state index is 0.686. The van der Waals surface area contributed by atoms with Gasteiger partial charge in [0.05, 0.1) is 18.9 Å². The molecule has 0 bridgehead atoms. The van der Waals surface area contributed by atoms with Crippen molar-refractivity contribution in [3.63, 3.8) is 0 Å². The van der Waals surface area contributed by atoms with Gasteiger partial charge >= 0.3 is 0 Å². The number of nitrogens with one attached hydrogen (secondary N) is 1. The van der Waals surface area contributed by atoms with E-state index in [0.29, 0.717) is 6.61 Å². The van der Waals surface area contributed by atoms with Crippen LogP contribution in [0.4, 0.5) is 0 Å². The number of allylic oxidation sites excluding steroid dienone is 1. The van der Waals surface area contributed by atoms with Crippen LogP contribution in [-0.2, 0) is 4.74 Å². The SMILES string of the molecule is C=N/C(=C\NC)C1=CCOCC1. The van der Waals surface area contributed by atoms with E-state index in [1.807, 2.05) is 19.3 Å². The molecule has 1 aliphatic rings. The minimum Gasteiger partial charge on any atom is -0.392 e. The van der Waals surface area contributed by atoms with E-state index >= 15 is 0 Å². The highest BCUT2D eigenvalue weighted by molar-refractivity contribution is 5.38. The molecule has 0 aliphatic carbocycles. The van der Waals surface area contributed by atoms with Crippen molar-refractivity contribution in [2.75, 3.05) is 20.3 Å². The Morgan fingerprint density at radius 2 is 2.67 bits per heavy atom. The van der Waals surface area contributed by atoms with Crippen LogP contribution in [-0.4, -0.2) is 27.0 Å². The van der Waals surface area contributed by atoms with Crippen LogP contribution in [0.3, 0.4) is 0 Å². The van der Waals surface area contributed by atoms with Crippen LogP contribution in [0, 0.1) is 0 Å². The van der Waals surface area contributed by atoms with E-state index in [1.54, 1.807) is 0 Å². The third kappa shape index (κ3) is 2.20. The van der Waals surface area contributed by atoms with Crippen molar-refractivity contribution in [2.24, 2.45) is 4.99 Å². The summed E-state index contributed by atoms with van der Waals surface area (Å²) < 4.78 is 5.19. The molecule has 0 aromatic rings. The molecular weight excluding hydrogens is 152 g/mol. The predicted octanol–water partition coefficient (Wildman–Crippen LogP) is 1.09. The Balaban J connectivity index is 2.70. The standard InChI is InChI=1S/C9H14N2O/c1-10-7-9(11-2)8-3-5-12-6-4-8/h3,7,10H,2,4-6H2,1H3/b9-7-. The lowest BCUT2D eigenvalue weighted by Crippen LogP contribution is -2.07. The molecule has 1 N–H and O–H groups in total. The third-order valence-corrected chi connectivity index (χ3v) is 1.74. The molecule has 0 atom stereocenters. The quantitative estimate of drug-likeness (QED) is 0.637. The summed E-state index contributed by atoms with van der Waals surface area (Å²) in [5.74, 6) is 0. The van der Waals surface area contributed by atoms with Crippen molar-refractivity contribution < 1.29 is 4.74 Å². The highest BCUT2D eigenvalue weighted by Gasteiger charge is 2.06. The molecule has 3 nitrogen and oxygen atoms in total. The molecule has 1 rings (SSSR count). The average Bonchev–Trinajstić information content (AvgIpc) is 2.15. The Hall–Kier alpha value is -1.09. The molecule has 66 valence electrons. The van der Waals surface area contributed by atoms with Crippen molar-refractivity contribution >= 4 is 6.72 Å². The predicted molar refractivity (Wildman–Crippen MR) is 50.2 cm³/mol. The Labute approximate surface area is 72.8 Å². The zero-order chi connectivity index (χ0) is 8.81. The molecule has 0 saturated carbocycles. The van der Waals surface area contributed by atoms with Gasteiger partial charge in [0, 0.05) is 13.2 Å². The van der Waals surface area contributed by atoms with E-state index in [-0.39, 0.29) is 0 Å². The Kier molecular flexibility index (Phi) is 3.54. The number of hydrogen-bond donors (Lipinski definition) is 1. The summed E-state index contributed by atoms with van der Waals surface area (Å²) >= 11 is 0. The summed E-state index contributed by atoms with van der Waals surface area (Å²) in [4.78, 5) is 3.93. The highest BCUT2D eigenvalue weighted by Crippen LogP contribution is 2.17. The van der Waals surface area contributed by atoms with E-state index in [9.17, 15) is 0 Å². The fraction of sp³-hybridized carbons (Fsp3) is 0.444. The van der Waals surface area contributed by atoms with Gasteiger partial charge in [-0.3, -0.25) is 4.99 Å². The maximum absolute atomic E-state index is 5.19. The lowest BCUT2D eigenvalue weighted by molar-refractivity contribution is 0.155. The van der Waals surface area contributed by atoms with Gasteiger partial charge in [-0.05, 0) is 18.7 Å². The summed E-state index contributed by atoms with van der Waals surface area (Å²) in [5.41, 5.74) is 2.13. The molecule has 1 heterocycles. The number of rotatable bonds is 3. The fourth-order valence-corrected chi connectivity index (χ4v) is 1.14. The van der Waals surface area contributed by atoms with Crippen molar-refractivity contribution in [2.45, 2.75) is 6.42 Å². The van der Waals surface area contributed by atoms with E-state index < -0.39 is 0 Å². The van der Waals surface area contributed by atoms with Gasteiger partial charge in [0.25, 0.3) is 0 Å². The summed E-state index contributed by atoms with van der Waals surface area (Å²) in [6.07, 6.45) is 4.82. The summed E-state index contributed by atoms with van der Waals surface area (Å²) in [7, 11) is 1.85. The Morgan fingerprint density at radius 3 is 3.17 bits per heavy atom. The van der Waals surface area contributed by atoms with Gasteiger partial charge in [-0.1, -0.05) is 6.08 Å². The molecular formula is C9H14N2O. The molecule has 0 saturated heterocycles. The van der Waals surface area contributed by atoms with E-state index in [1.165, 1.54) is 5.57 Å². The first-order chi connectivity index (χ1) is 5.88. The second-order valence-corrected chi connectivity index (χ2v) is 2.53. The molecule has 0 spiro atoms. The van der Waals surface area contributed by atoms with Gasteiger partial charge in [0.15, 0.2) is 0 Å². The maximum atomic E-state index is 5.19. The minimum absolute atomic E-state index is 0.686. The van der Waals surface area contributed by atoms with Gasteiger partial charge in [0.2, 0.25) is 0 Å². The lowest BCUT2D eigenvalue weighted by atomic mass is 10.1. The molecule has 0 unspecified atom stereocenters. The van der Waals surface area contributed by atoms with Gasteiger partial charge in [-0.25, -0.2) is 0 Å². The fourth-order valence-electron chi connectivity index (χ4n) is 1.14.